The van der Waals surface area contributed by atoms with E-state index in [1.54, 1.807) is 0 Å². The second kappa shape index (κ2) is 6.88. The first-order chi connectivity index (χ1) is 10.3. The van der Waals surface area contributed by atoms with Gasteiger partial charge in [-0.3, -0.25) is 0 Å². The van der Waals surface area contributed by atoms with Gasteiger partial charge in [-0.1, -0.05) is 59.9 Å². The van der Waals surface area contributed by atoms with Crippen LogP contribution in [0.5, 0.6) is 0 Å². The van der Waals surface area contributed by atoms with Crippen molar-refractivity contribution in [1.29, 1.82) is 0 Å². The molecule has 0 aliphatic heterocycles. The van der Waals surface area contributed by atoms with Crippen molar-refractivity contribution >= 4 is 23.5 Å². The van der Waals surface area contributed by atoms with Crippen LogP contribution in [0.3, 0.4) is 0 Å². The van der Waals surface area contributed by atoms with Crippen LogP contribution in [0.1, 0.15) is 5.56 Å². The Morgan fingerprint density at radius 1 is 0.571 bits per heavy atom. The van der Waals surface area contributed by atoms with Gasteiger partial charge in [0.05, 0.1) is 0 Å². The fourth-order valence-corrected chi connectivity index (χ4v) is 3.88. The smallest absolute Gasteiger partial charge is 0.0152 e. The largest absolute Gasteiger partial charge is 0.0901 e. The van der Waals surface area contributed by atoms with Crippen LogP contribution in [0.4, 0.5) is 0 Å². The molecule has 0 N–H and O–H groups in total. The van der Waals surface area contributed by atoms with E-state index in [2.05, 4.69) is 85.8 Å². The highest BCUT2D eigenvalue weighted by Gasteiger charge is 2.03. The third kappa shape index (κ3) is 3.93. The highest BCUT2D eigenvalue weighted by molar-refractivity contribution is 7.99. The molecule has 104 valence electrons. The normalized spacial score (nSPS) is 10.5. The third-order valence-electron chi connectivity index (χ3n) is 3.10. The first-order valence-electron chi connectivity index (χ1n) is 6.88. The monoisotopic (exact) mass is 308 g/mol. The zero-order chi connectivity index (χ0) is 14.5. The van der Waals surface area contributed by atoms with Crippen LogP contribution in [0.25, 0.3) is 0 Å². The van der Waals surface area contributed by atoms with E-state index in [0.717, 1.165) is 0 Å². The van der Waals surface area contributed by atoms with Gasteiger partial charge in [-0.05, 0) is 55.0 Å². The van der Waals surface area contributed by atoms with Crippen LogP contribution in [-0.2, 0) is 0 Å². The predicted molar refractivity (Wildman–Crippen MR) is 92.3 cm³/mol. The van der Waals surface area contributed by atoms with Gasteiger partial charge in [0, 0.05) is 19.6 Å². The van der Waals surface area contributed by atoms with Crippen LogP contribution in [0.2, 0.25) is 0 Å². The fraction of sp³-hybridized carbons (Fsp3) is 0.0526. The van der Waals surface area contributed by atoms with E-state index in [1.807, 2.05) is 23.5 Å². The Morgan fingerprint density at radius 2 is 1.14 bits per heavy atom. The molecule has 0 fully saturated rings. The van der Waals surface area contributed by atoms with Crippen molar-refractivity contribution in [3.05, 3.63) is 84.4 Å². The molecule has 3 rings (SSSR count). The summed E-state index contributed by atoms with van der Waals surface area (Å²) >= 11 is 3.63. The van der Waals surface area contributed by atoms with Gasteiger partial charge in [0.25, 0.3) is 0 Å². The highest BCUT2D eigenvalue weighted by atomic mass is 32.2. The maximum Gasteiger partial charge on any atom is 0.0152 e. The summed E-state index contributed by atoms with van der Waals surface area (Å²) in [6.07, 6.45) is 0. The summed E-state index contributed by atoms with van der Waals surface area (Å²) in [5.74, 6) is 0. The van der Waals surface area contributed by atoms with Gasteiger partial charge in [0.1, 0.15) is 0 Å². The summed E-state index contributed by atoms with van der Waals surface area (Å²) in [5, 5.41) is 0. The van der Waals surface area contributed by atoms with Gasteiger partial charge in [-0.15, -0.1) is 0 Å². The van der Waals surface area contributed by atoms with Crippen molar-refractivity contribution in [3.8, 4) is 0 Å². The number of benzene rings is 3. The Morgan fingerprint density at radius 3 is 1.71 bits per heavy atom. The van der Waals surface area contributed by atoms with Crippen molar-refractivity contribution in [2.24, 2.45) is 0 Å². The highest BCUT2D eigenvalue weighted by Crippen LogP contribution is 2.34. The third-order valence-corrected chi connectivity index (χ3v) is 5.28. The molecule has 0 heterocycles. The maximum atomic E-state index is 2.27. The van der Waals surface area contributed by atoms with Gasteiger partial charge in [-0.25, -0.2) is 0 Å². The molecular formula is C19H16S2. The molecule has 0 saturated carbocycles. The Bertz CT molecular complexity index is 706. The molecule has 0 aliphatic rings. The van der Waals surface area contributed by atoms with Gasteiger partial charge < -0.3 is 0 Å². The number of hydrogen-bond donors (Lipinski definition) is 0. The minimum absolute atomic E-state index is 1.28. The fourth-order valence-electron chi connectivity index (χ4n) is 2.04. The standard InChI is InChI=1S/C19H16S2/c1-15-14-18(20-16-8-4-2-5-9-16)12-13-19(15)21-17-10-6-3-7-11-17/h2-14H,1H3. The summed E-state index contributed by atoms with van der Waals surface area (Å²) in [4.78, 5) is 5.17. The zero-order valence-electron chi connectivity index (χ0n) is 11.8. The maximum absolute atomic E-state index is 2.27. The molecule has 0 aromatic heterocycles. The molecule has 3 aromatic carbocycles. The van der Waals surface area contributed by atoms with Crippen molar-refractivity contribution < 1.29 is 0 Å². The summed E-state index contributed by atoms with van der Waals surface area (Å²) in [6, 6.07) is 27.7. The topological polar surface area (TPSA) is 0 Å². The Hall–Kier alpha value is -1.64. The molecule has 0 saturated heterocycles. The summed E-state index contributed by atoms with van der Waals surface area (Å²) in [7, 11) is 0. The lowest BCUT2D eigenvalue weighted by atomic mass is 10.2. The Labute approximate surface area is 134 Å². The van der Waals surface area contributed by atoms with E-state index in [0.29, 0.717) is 0 Å². The molecule has 21 heavy (non-hydrogen) atoms. The van der Waals surface area contributed by atoms with E-state index in [4.69, 9.17) is 0 Å². The molecule has 0 amide bonds. The summed E-state index contributed by atoms with van der Waals surface area (Å²) in [5.41, 5.74) is 1.32. The lowest BCUT2D eigenvalue weighted by molar-refractivity contribution is 1.23. The molecule has 0 bridgehead atoms. The van der Waals surface area contributed by atoms with Crippen molar-refractivity contribution in [2.45, 2.75) is 26.5 Å². The second-order valence-corrected chi connectivity index (χ2v) is 7.02. The minimum Gasteiger partial charge on any atom is -0.0901 e. The molecular weight excluding hydrogens is 292 g/mol. The van der Waals surface area contributed by atoms with Gasteiger partial charge in [0.2, 0.25) is 0 Å². The van der Waals surface area contributed by atoms with Crippen LogP contribution >= 0.6 is 23.5 Å². The van der Waals surface area contributed by atoms with E-state index in [-0.39, 0.29) is 0 Å². The average molecular weight is 308 g/mol. The predicted octanol–water partition coefficient (Wildman–Crippen LogP) is 6.30. The van der Waals surface area contributed by atoms with E-state index in [1.165, 1.54) is 25.1 Å². The SMILES string of the molecule is Cc1cc(Sc2ccccc2)ccc1Sc1ccccc1. The van der Waals surface area contributed by atoms with Gasteiger partial charge >= 0.3 is 0 Å². The van der Waals surface area contributed by atoms with Crippen LogP contribution in [-0.4, -0.2) is 0 Å². The first-order valence-corrected chi connectivity index (χ1v) is 8.51. The molecule has 3 aromatic rings. The number of aryl methyl sites for hydroxylation is 1. The molecule has 0 spiro atoms. The van der Waals surface area contributed by atoms with E-state index < -0.39 is 0 Å². The van der Waals surface area contributed by atoms with Crippen molar-refractivity contribution in [1.82, 2.24) is 0 Å². The minimum atomic E-state index is 1.28. The molecule has 0 unspecified atom stereocenters. The van der Waals surface area contributed by atoms with Crippen molar-refractivity contribution in [3.63, 3.8) is 0 Å². The van der Waals surface area contributed by atoms with Gasteiger partial charge in [0.15, 0.2) is 0 Å². The van der Waals surface area contributed by atoms with Crippen LogP contribution < -0.4 is 0 Å². The lowest BCUT2D eigenvalue weighted by Crippen LogP contribution is -1.82. The average Bonchev–Trinajstić information content (AvgIpc) is 2.52. The molecule has 0 aliphatic carbocycles. The van der Waals surface area contributed by atoms with Crippen molar-refractivity contribution in [2.75, 3.05) is 0 Å². The molecule has 2 heteroatoms. The number of hydrogen-bond acceptors (Lipinski definition) is 2. The number of rotatable bonds is 4. The lowest BCUT2D eigenvalue weighted by Gasteiger charge is -2.08. The van der Waals surface area contributed by atoms with E-state index >= 15 is 0 Å². The van der Waals surface area contributed by atoms with Gasteiger partial charge in [-0.2, -0.15) is 0 Å². The first kappa shape index (κ1) is 14.3. The Kier molecular flexibility index (Phi) is 4.69. The summed E-state index contributed by atoms with van der Waals surface area (Å²) < 4.78 is 0. The van der Waals surface area contributed by atoms with E-state index in [9.17, 15) is 0 Å². The summed E-state index contributed by atoms with van der Waals surface area (Å²) in [6.45, 7) is 2.18. The molecule has 0 atom stereocenters. The van der Waals surface area contributed by atoms with Crippen LogP contribution in [0, 0.1) is 6.92 Å². The van der Waals surface area contributed by atoms with Crippen LogP contribution in [0.15, 0.2) is 98.4 Å². The quantitative estimate of drug-likeness (QED) is 0.555. The Balaban J connectivity index is 1.77. The molecule has 0 nitrogen and oxygen atoms in total. The zero-order valence-corrected chi connectivity index (χ0v) is 13.5. The second-order valence-electron chi connectivity index (χ2n) is 4.76. The molecule has 0 radical (unpaired) electrons.